The minimum Gasteiger partial charge on any atom is -0.495 e. The van der Waals surface area contributed by atoms with Gasteiger partial charge in [0, 0.05) is 12.1 Å². The van der Waals surface area contributed by atoms with Crippen LogP contribution in [0.15, 0.2) is 18.2 Å². The highest BCUT2D eigenvalue weighted by molar-refractivity contribution is 5.95. The summed E-state index contributed by atoms with van der Waals surface area (Å²) >= 11 is 0. The minimum atomic E-state index is -0.0541. The molecule has 0 bridgehead atoms. The van der Waals surface area contributed by atoms with E-state index in [0.29, 0.717) is 22.9 Å². The van der Waals surface area contributed by atoms with Crippen LogP contribution < -0.4 is 15.8 Å². The highest BCUT2D eigenvalue weighted by atomic mass is 16.5. The Morgan fingerprint density at radius 2 is 2.25 bits per heavy atom. The van der Waals surface area contributed by atoms with Crippen LogP contribution in [0.4, 0.5) is 5.69 Å². The first-order valence-corrected chi connectivity index (χ1v) is 7.32. The van der Waals surface area contributed by atoms with Crippen LogP contribution in [-0.4, -0.2) is 19.6 Å². The number of nitrogens with one attached hydrogen (secondary N) is 1. The lowest BCUT2D eigenvalue weighted by atomic mass is 9.82. The van der Waals surface area contributed by atoms with Gasteiger partial charge in [-0.25, -0.2) is 0 Å². The van der Waals surface area contributed by atoms with Crippen molar-refractivity contribution in [2.75, 3.05) is 19.4 Å². The number of hydrogen-bond donors (Lipinski definition) is 2. The van der Waals surface area contributed by atoms with Gasteiger partial charge >= 0.3 is 0 Å². The van der Waals surface area contributed by atoms with Crippen LogP contribution in [0.2, 0.25) is 0 Å². The topological polar surface area (TPSA) is 64.3 Å². The molecule has 1 amide bonds. The number of carbonyl (C=O) groups is 1. The Kier molecular flexibility index (Phi) is 4.88. The summed E-state index contributed by atoms with van der Waals surface area (Å²) in [6.07, 6.45) is 5.03. The molecule has 0 aliphatic heterocycles. The maximum Gasteiger partial charge on any atom is 0.251 e. The van der Waals surface area contributed by atoms with Crippen LogP contribution in [-0.2, 0) is 0 Å². The second kappa shape index (κ2) is 6.64. The second-order valence-corrected chi connectivity index (χ2v) is 5.80. The summed E-state index contributed by atoms with van der Waals surface area (Å²) in [7, 11) is 1.55. The zero-order valence-corrected chi connectivity index (χ0v) is 12.3. The molecule has 2 atom stereocenters. The van der Waals surface area contributed by atoms with Gasteiger partial charge in [-0.15, -0.1) is 0 Å². The first-order chi connectivity index (χ1) is 9.60. The molecule has 1 aromatic rings. The first-order valence-electron chi connectivity index (χ1n) is 7.32. The standard InChI is InChI=1S/C16H24N2O2/c1-11-4-3-5-12(8-11)10-18-16(19)13-6-7-14(17)15(9-13)20-2/h6-7,9,11-12H,3-5,8,10,17H2,1-2H3,(H,18,19). The fraction of sp³-hybridized carbons (Fsp3) is 0.562. The van der Waals surface area contributed by atoms with E-state index in [9.17, 15) is 4.79 Å². The Balaban J connectivity index is 1.91. The number of anilines is 1. The molecule has 110 valence electrons. The quantitative estimate of drug-likeness (QED) is 0.831. The Labute approximate surface area is 120 Å². The van der Waals surface area contributed by atoms with Crippen molar-refractivity contribution in [3.05, 3.63) is 23.8 Å². The van der Waals surface area contributed by atoms with Gasteiger partial charge < -0.3 is 15.8 Å². The molecule has 0 aromatic heterocycles. The van der Waals surface area contributed by atoms with Crippen molar-refractivity contribution in [1.29, 1.82) is 0 Å². The highest BCUT2D eigenvalue weighted by Gasteiger charge is 2.19. The molecule has 2 rings (SSSR count). The molecule has 1 saturated carbocycles. The first kappa shape index (κ1) is 14.7. The zero-order chi connectivity index (χ0) is 14.5. The molecule has 20 heavy (non-hydrogen) atoms. The second-order valence-electron chi connectivity index (χ2n) is 5.80. The van der Waals surface area contributed by atoms with Gasteiger partial charge in [0.25, 0.3) is 5.91 Å². The number of hydrogen-bond acceptors (Lipinski definition) is 3. The van der Waals surface area contributed by atoms with Crippen LogP contribution >= 0.6 is 0 Å². The highest BCUT2D eigenvalue weighted by Crippen LogP contribution is 2.28. The molecule has 1 aliphatic rings. The third-order valence-electron chi connectivity index (χ3n) is 4.09. The van der Waals surface area contributed by atoms with Crippen LogP contribution in [0.5, 0.6) is 5.75 Å². The van der Waals surface area contributed by atoms with Gasteiger partial charge in [-0.3, -0.25) is 4.79 Å². The number of carbonyl (C=O) groups excluding carboxylic acids is 1. The van der Waals surface area contributed by atoms with E-state index in [1.54, 1.807) is 25.3 Å². The van der Waals surface area contributed by atoms with E-state index in [2.05, 4.69) is 12.2 Å². The predicted octanol–water partition coefficient (Wildman–Crippen LogP) is 2.83. The van der Waals surface area contributed by atoms with Gasteiger partial charge in [0.05, 0.1) is 12.8 Å². The molecule has 1 fully saturated rings. The lowest BCUT2D eigenvalue weighted by Gasteiger charge is -2.26. The van der Waals surface area contributed by atoms with E-state index >= 15 is 0 Å². The molecule has 0 heterocycles. The predicted molar refractivity (Wildman–Crippen MR) is 80.9 cm³/mol. The number of rotatable bonds is 4. The minimum absolute atomic E-state index is 0.0541. The van der Waals surface area contributed by atoms with Crippen LogP contribution in [0.1, 0.15) is 43.0 Å². The average molecular weight is 276 g/mol. The van der Waals surface area contributed by atoms with Crippen LogP contribution in [0, 0.1) is 11.8 Å². The molecule has 3 N–H and O–H groups in total. The fourth-order valence-corrected chi connectivity index (χ4v) is 2.94. The molecule has 0 spiro atoms. The number of ether oxygens (including phenoxy) is 1. The van der Waals surface area contributed by atoms with Crippen molar-refractivity contribution in [2.24, 2.45) is 11.8 Å². The van der Waals surface area contributed by atoms with Crippen LogP contribution in [0.25, 0.3) is 0 Å². The van der Waals surface area contributed by atoms with E-state index in [1.165, 1.54) is 25.7 Å². The van der Waals surface area contributed by atoms with Crippen molar-refractivity contribution >= 4 is 11.6 Å². The zero-order valence-electron chi connectivity index (χ0n) is 12.3. The number of nitrogens with two attached hydrogens (primary N) is 1. The summed E-state index contributed by atoms with van der Waals surface area (Å²) in [5.74, 6) is 1.88. The summed E-state index contributed by atoms with van der Waals surface area (Å²) in [5.41, 5.74) is 6.89. The largest absolute Gasteiger partial charge is 0.495 e. The Bertz CT molecular complexity index is 474. The monoisotopic (exact) mass is 276 g/mol. The van der Waals surface area contributed by atoms with Crippen LogP contribution in [0.3, 0.4) is 0 Å². The molecule has 1 aromatic carbocycles. The Morgan fingerprint density at radius 1 is 1.45 bits per heavy atom. The van der Waals surface area contributed by atoms with Gasteiger partial charge in [0.2, 0.25) is 0 Å². The summed E-state index contributed by atoms with van der Waals surface area (Å²) < 4.78 is 5.14. The van der Waals surface area contributed by atoms with Crippen molar-refractivity contribution in [1.82, 2.24) is 5.32 Å². The molecule has 1 aliphatic carbocycles. The SMILES string of the molecule is COc1cc(C(=O)NCC2CCCC(C)C2)ccc1N. The number of nitrogen functional groups attached to an aromatic ring is 1. The molecular weight excluding hydrogens is 252 g/mol. The summed E-state index contributed by atoms with van der Waals surface area (Å²) in [6.45, 7) is 3.05. The van der Waals surface area contributed by atoms with Crippen molar-refractivity contribution in [2.45, 2.75) is 32.6 Å². The van der Waals surface area contributed by atoms with E-state index in [4.69, 9.17) is 10.5 Å². The van der Waals surface area contributed by atoms with E-state index in [-0.39, 0.29) is 5.91 Å². The van der Waals surface area contributed by atoms with E-state index in [1.807, 2.05) is 0 Å². The number of methoxy groups -OCH3 is 1. The molecule has 4 nitrogen and oxygen atoms in total. The molecule has 0 saturated heterocycles. The number of benzene rings is 1. The summed E-state index contributed by atoms with van der Waals surface area (Å²) in [4.78, 5) is 12.1. The fourth-order valence-electron chi connectivity index (χ4n) is 2.94. The van der Waals surface area contributed by atoms with Gasteiger partial charge in [-0.1, -0.05) is 19.8 Å². The summed E-state index contributed by atoms with van der Waals surface area (Å²) in [6, 6.07) is 5.13. The van der Waals surface area contributed by atoms with Gasteiger partial charge in [0.15, 0.2) is 0 Å². The maximum atomic E-state index is 12.1. The third kappa shape index (κ3) is 3.65. The van der Waals surface area contributed by atoms with Gasteiger partial charge in [-0.05, 0) is 42.9 Å². The lowest BCUT2D eigenvalue weighted by Crippen LogP contribution is -2.31. The maximum absolute atomic E-state index is 12.1. The van der Waals surface area contributed by atoms with E-state index in [0.717, 1.165) is 12.5 Å². The normalized spacial score (nSPS) is 22.3. The Hall–Kier alpha value is -1.71. The van der Waals surface area contributed by atoms with E-state index < -0.39 is 0 Å². The van der Waals surface area contributed by atoms with Gasteiger partial charge in [-0.2, -0.15) is 0 Å². The summed E-state index contributed by atoms with van der Waals surface area (Å²) in [5, 5.41) is 3.02. The van der Waals surface area contributed by atoms with Gasteiger partial charge in [0.1, 0.15) is 5.75 Å². The molecule has 2 unspecified atom stereocenters. The van der Waals surface area contributed by atoms with Crippen molar-refractivity contribution < 1.29 is 9.53 Å². The molecule has 4 heteroatoms. The average Bonchev–Trinajstić information content (AvgIpc) is 2.45. The third-order valence-corrected chi connectivity index (χ3v) is 4.09. The lowest BCUT2D eigenvalue weighted by molar-refractivity contribution is 0.0940. The number of amides is 1. The van der Waals surface area contributed by atoms with Crippen molar-refractivity contribution in [3.63, 3.8) is 0 Å². The molecule has 0 radical (unpaired) electrons. The van der Waals surface area contributed by atoms with Crippen molar-refractivity contribution in [3.8, 4) is 5.75 Å². The Morgan fingerprint density at radius 3 is 2.95 bits per heavy atom. The molecular formula is C16H24N2O2. The smallest absolute Gasteiger partial charge is 0.251 e.